The molecule has 0 saturated heterocycles. The third kappa shape index (κ3) is 4.27. The van der Waals surface area contributed by atoms with Crippen molar-refractivity contribution >= 4 is 28.6 Å². The minimum Gasteiger partial charge on any atom is -0.486 e. The number of fused-ring (bicyclic) bond motifs is 2. The zero-order valence-electron chi connectivity index (χ0n) is 18.5. The van der Waals surface area contributed by atoms with Crippen molar-refractivity contribution in [3.05, 3.63) is 65.9 Å². The third-order valence-electron chi connectivity index (χ3n) is 5.31. The fourth-order valence-electron chi connectivity index (χ4n) is 3.63. The zero-order valence-corrected chi connectivity index (χ0v) is 18.5. The summed E-state index contributed by atoms with van der Waals surface area (Å²) in [6.07, 6.45) is -1.06. The van der Waals surface area contributed by atoms with Crippen molar-refractivity contribution in [1.29, 1.82) is 0 Å². The second-order valence-electron chi connectivity index (χ2n) is 7.79. The number of para-hydroxylation sites is 1. The number of pyridine rings is 1. The first kappa shape index (κ1) is 21.4. The number of anilines is 1. The number of esters is 1. The molecular formula is C25H21N3O6. The van der Waals surface area contributed by atoms with Gasteiger partial charge in [0.05, 0.1) is 16.8 Å². The Morgan fingerprint density at radius 3 is 2.62 bits per heavy atom. The molecule has 1 aliphatic heterocycles. The van der Waals surface area contributed by atoms with Crippen molar-refractivity contribution in [3.8, 4) is 22.8 Å². The number of aromatic nitrogens is 2. The first-order valence-electron chi connectivity index (χ1n) is 10.7. The van der Waals surface area contributed by atoms with Crippen LogP contribution in [0.5, 0.6) is 11.5 Å². The quantitative estimate of drug-likeness (QED) is 0.443. The normalized spacial score (nSPS) is 13.4. The number of benzene rings is 2. The topological polar surface area (TPSA) is 113 Å². The molecule has 0 saturated carbocycles. The van der Waals surface area contributed by atoms with Crippen LogP contribution in [0, 0.1) is 6.92 Å². The molecule has 9 heteroatoms. The van der Waals surface area contributed by atoms with Crippen LogP contribution in [0.3, 0.4) is 0 Å². The number of ether oxygens (including phenoxy) is 3. The Balaban J connectivity index is 1.44. The van der Waals surface area contributed by atoms with Gasteiger partial charge >= 0.3 is 5.97 Å². The maximum atomic E-state index is 13.1. The van der Waals surface area contributed by atoms with Gasteiger partial charge in [0, 0.05) is 17.0 Å². The van der Waals surface area contributed by atoms with Gasteiger partial charge in [0.2, 0.25) is 0 Å². The smallest absolute Gasteiger partial charge is 0.339 e. The van der Waals surface area contributed by atoms with Crippen LogP contribution in [0.25, 0.3) is 22.2 Å². The number of amides is 1. The summed E-state index contributed by atoms with van der Waals surface area (Å²) in [5.74, 6) is 0.924. The minimum absolute atomic E-state index is 0.251. The van der Waals surface area contributed by atoms with Crippen molar-refractivity contribution < 1.29 is 28.3 Å². The van der Waals surface area contributed by atoms with E-state index in [0.717, 1.165) is 5.56 Å². The monoisotopic (exact) mass is 459 g/mol. The second-order valence-corrected chi connectivity index (χ2v) is 7.79. The molecule has 172 valence electrons. The van der Waals surface area contributed by atoms with Crippen molar-refractivity contribution in [3.63, 3.8) is 0 Å². The number of nitrogens with one attached hydrogen (secondary N) is 1. The van der Waals surface area contributed by atoms with E-state index in [4.69, 9.17) is 23.7 Å². The van der Waals surface area contributed by atoms with E-state index >= 15 is 0 Å². The van der Waals surface area contributed by atoms with E-state index in [1.165, 1.54) is 6.92 Å². The molecule has 34 heavy (non-hydrogen) atoms. The molecule has 0 bridgehead atoms. The molecule has 0 radical (unpaired) electrons. The molecule has 0 fully saturated rings. The Morgan fingerprint density at radius 2 is 1.82 bits per heavy atom. The maximum Gasteiger partial charge on any atom is 0.339 e. The molecule has 1 atom stereocenters. The van der Waals surface area contributed by atoms with Gasteiger partial charge in [-0.2, -0.15) is 0 Å². The highest BCUT2D eigenvalue weighted by atomic mass is 16.6. The van der Waals surface area contributed by atoms with Gasteiger partial charge in [0.15, 0.2) is 23.4 Å². The van der Waals surface area contributed by atoms with Gasteiger partial charge < -0.3 is 24.1 Å². The van der Waals surface area contributed by atoms with Crippen LogP contribution < -0.4 is 14.8 Å². The number of rotatable bonds is 5. The molecule has 3 heterocycles. The summed E-state index contributed by atoms with van der Waals surface area (Å²) in [5.41, 5.74) is 2.25. The van der Waals surface area contributed by atoms with Crippen LogP contribution >= 0.6 is 0 Å². The van der Waals surface area contributed by atoms with E-state index in [-0.39, 0.29) is 5.82 Å². The Morgan fingerprint density at radius 1 is 1.03 bits per heavy atom. The lowest BCUT2D eigenvalue weighted by molar-refractivity contribution is -0.123. The van der Waals surface area contributed by atoms with E-state index < -0.39 is 18.0 Å². The molecule has 2 aromatic carbocycles. The lowest BCUT2D eigenvalue weighted by Crippen LogP contribution is -2.30. The van der Waals surface area contributed by atoms with Crippen LogP contribution in [0.2, 0.25) is 0 Å². The fourth-order valence-corrected chi connectivity index (χ4v) is 3.63. The van der Waals surface area contributed by atoms with Crippen LogP contribution in [0.15, 0.2) is 59.1 Å². The summed E-state index contributed by atoms with van der Waals surface area (Å²) in [6, 6.07) is 16.0. The van der Waals surface area contributed by atoms with Crippen LogP contribution in [-0.2, 0) is 9.53 Å². The first-order chi connectivity index (χ1) is 16.5. The molecule has 5 rings (SSSR count). The molecule has 0 aliphatic carbocycles. The highest BCUT2D eigenvalue weighted by molar-refractivity contribution is 6.06. The van der Waals surface area contributed by atoms with Gasteiger partial charge in [-0.15, -0.1) is 0 Å². The predicted octanol–water partition coefficient (Wildman–Crippen LogP) is 4.15. The molecule has 0 unspecified atom stereocenters. The van der Waals surface area contributed by atoms with Crippen LogP contribution in [0.1, 0.15) is 23.0 Å². The number of hydrogen-bond acceptors (Lipinski definition) is 8. The van der Waals surface area contributed by atoms with Gasteiger partial charge in [0.25, 0.3) is 5.91 Å². The molecule has 2 aromatic heterocycles. The Bertz CT molecular complexity index is 1400. The highest BCUT2D eigenvalue weighted by Crippen LogP contribution is 2.35. The van der Waals surface area contributed by atoms with Crippen molar-refractivity contribution in [2.24, 2.45) is 0 Å². The third-order valence-corrected chi connectivity index (χ3v) is 5.31. The van der Waals surface area contributed by atoms with Gasteiger partial charge in [-0.1, -0.05) is 23.4 Å². The number of nitrogens with zero attached hydrogens (tertiary/aromatic N) is 2. The van der Waals surface area contributed by atoms with Crippen molar-refractivity contribution in [2.75, 3.05) is 18.5 Å². The first-order valence-corrected chi connectivity index (χ1v) is 10.7. The lowest BCUT2D eigenvalue weighted by atomic mass is 10.0. The number of carbonyl (C=O) groups excluding carboxylic acids is 2. The SMILES string of the molecule is Cc1cc(NC(=O)[C@@H](C)OC(=O)c2cc(-c3ccc4c(c3)OCCO4)nc3ccccc23)no1. The van der Waals surface area contributed by atoms with E-state index in [2.05, 4.69) is 10.5 Å². The van der Waals surface area contributed by atoms with Crippen molar-refractivity contribution in [2.45, 2.75) is 20.0 Å². The molecule has 0 spiro atoms. The summed E-state index contributed by atoms with van der Waals surface area (Å²) in [5, 5.41) is 6.90. The van der Waals surface area contributed by atoms with Gasteiger partial charge in [-0.3, -0.25) is 4.79 Å². The molecule has 1 N–H and O–H groups in total. The molecular weight excluding hydrogens is 438 g/mol. The number of hydrogen-bond donors (Lipinski definition) is 1. The van der Waals surface area contributed by atoms with Crippen LogP contribution in [-0.4, -0.2) is 41.3 Å². The van der Waals surface area contributed by atoms with Gasteiger partial charge in [-0.25, -0.2) is 9.78 Å². The Kier molecular flexibility index (Phi) is 5.59. The standard InChI is InChI=1S/C25H21N3O6/c1-14-11-23(28-34-14)27-24(29)15(2)33-25(30)18-13-20(26-19-6-4-3-5-17(18)19)16-7-8-21-22(12-16)32-10-9-31-21/h3-8,11-13,15H,9-10H2,1-2H3,(H,27,28,29)/t15-/m1/s1. The maximum absolute atomic E-state index is 13.1. The minimum atomic E-state index is -1.06. The highest BCUT2D eigenvalue weighted by Gasteiger charge is 2.23. The molecule has 9 nitrogen and oxygen atoms in total. The largest absolute Gasteiger partial charge is 0.486 e. The predicted molar refractivity (Wildman–Crippen MR) is 123 cm³/mol. The van der Waals surface area contributed by atoms with E-state index in [1.54, 1.807) is 25.1 Å². The number of aryl methyl sites for hydroxylation is 1. The fraction of sp³-hybridized carbons (Fsp3) is 0.200. The lowest BCUT2D eigenvalue weighted by Gasteiger charge is -2.19. The average Bonchev–Trinajstić information content (AvgIpc) is 3.27. The number of carbonyl (C=O) groups is 2. The summed E-state index contributed by atoms with van der Waals surface area (Å²) in [7, 11) is 0. The molecule has 1 amide bonds. The second kappa shape index (κ2) is 8.86. The summed E-state index contributed by atoms with van der Waals surface area (Å²) >= 11 is 0. The summed E-state index contributed by atoms with van der Waals surface area (Å²) < 4.78 is 21.7. The average molecular weight is 459 g/mol. The Labute approximate surface area is 194 Å². The summed E-state index contributed by atoms with van der Waals surface area (Å²) in [6.45, 7) is 4.16. The van der Waals surface area contributed by atoms with Gasteiger partial charge in [-0.05, 0) is 44.2 Å². The summed E-state index contributed by atoms with van der Waals surface area (Å²) in [4.78, 5) is 30.3. The molecule has 1 aliphatic rings. The molecule has 4 aromatic rings. The van der Waals surface area contributed by atoms with Gasteiger partial charge in [0.1, 0.15) is 19.0 Å². The zero-order chi connectivity index (χ0) is 23.7. The van der Waals surface area contributed by atoms with Crippen molar-refractivity contribution in [1.82, 2.24) is 10.1 Å². The van der Waals surface area contributed by atoms with E-state index in [1.807, 2.05) is 36.4 Å². The van der Waals surface area contributed by atoms with Crippen LogP contribution in [0.4, 0.5) is 5.82 Å². The van der Waals surface area contributed by atoms with E-state index in [0.29, 0.717) is 52.6 Å². The Hall–Kier alpha value is -4.40. The van der Waals surface area contributed by atoms with E-state index in [9.17, 15) is 9.59 Å².